The largest absolute Gasteiger partial charge is 0.476 e. The molecule has 0 spiro atoms. The number of carboxylic acids is 1. The molecule has 4 nitrogen and oxygen atoms in total. The predicted molar refractivity (Wildman–Crippen MR) is 105 cm³/mol. The van der Waals surface area contributed by atoms with Crippen molar-refractivity contribution in [2.24, 2.45) is 0 Å². The zero-order chi connectivity index (χ0) is 18.8. The van der Waals surface area contributed by atoms with E-state index in [0.717, 1.165) is 22.4 Å². The van der Waals surface area contributed by atoms with E-state index in [9.17, 15) is 9.90 Å². The first-order valence-electron chi connectivity index (χ1n) is 7.87. The highest BCUT2D eigenvalue weighted by molar-refractivity contribution is 6.42. The Hall–Kier alpha value is -2.01. The van der Waals surface area contributed by atoms with Crippen LogP contribution in [-0.2, 0) is 13.0 Å². The minimum atomic E-state index is -1.06. The first kappa shape index (κ1) is 18.8. The van der Waals surface area contributed by atoms with Gasteiger partial charge in [-0.3, -0.25) is 4.68 Å². The third kappa shape index (κ3) is 4.04. The molecule has 0 unspecified atom stereocenters. The number of halogens is 3. The van der Waals surface area contributed by atoms with Crippen molar-refractivity contribution in [3.8, 4) is 11.3 Å². The molecule has 0 fully saturated rings. The van der Waals surface area contributed by atoms with Gasteiger partial charge in [0, 0.05) is 17.1 Å². The molecule has 0 amide bonds. The number of carboxylic acid groups (broad SMARTS) is 1. The molecule has 26 heavy (non-hydrogen) atoms. The van der Waals surface area contributed by atoms with Crippen LogP contribution in [0.1, 0.15) is 21.6 Å². The third-order valence-corrected chi connectivity index (χ3v) is 5.21. The standard InChI is InChI=1S/C19H15Cl3N2O2/c1-11-8-13(3-5-14(11)20)18-10-17(19(25)26)23-24(18)7-6-12-2-4-15(21)16(22)9-12/h2-5,8-10H,6-7H2,1H3,(H,25,26). The highest BCUT2D eigenvalue weighted by atomic mass is 35.5. The quantitative estimate of drug-likeness (QED) is 0.583. The summed E-state index contributed by atoms with van der Waals surface area (Å²) in [5.74, 6) is -1.06. The molecule has 1 aromatic heterocycles. The molecule has 0 aliphatic carbocycles. The Morgan fingerprint density at radius 2 is 1.77 bits per heavy atom. The number of rotatable bonds is 5. The van der Waals surface area contributed by atoms with E-state index in [-0.39, 0.29) is 5.69 Å². The average molecular weight is 410 g/mol. The summed E-state index contributed by atoms with van der Waals surface area (Å²) in [6, 6.07) is 12.6. The predicted octanol–water partition coefficient (Wildman–Crippen LogP) is 5.76. The van der Waals surface area contributed by atoms with Crippen LogP contribution < -0.4 is 0 Å². The van der Waals surface area contributed by atoms with E-state index >= 15 is 0 Å². The number of benzene rings is 2. The summed E-state index contributed by atoms with van der Waals surface area (Å²) < 4.78 is 1.69. The van der Waals surface area contributed by atoms with Crippen LogP contribution in [0.3, 0.4) is 0 Å². The van der Waals surface area contributed by atoms with Crippen LogP contribution in [-0.4, -0.2) is 20.9 Å². The van der Waals surface area contributed by atoms with Gasteiger partial charge in [0.2, 0.25) is 0 Å². The van der Waals surface area contributed by atoms with E-state index in [1.54, 1.807) is 28.9 Å². The van der Waals surface area contributed by atoms with Gasteiger partial charge in [0.15, 0.2) is 5.69 Å². The number of aromatic nitrogens is 2. The van der Waals surface area contributed by atoms with Crippen molar-refractivity contribution in [3.05, 3.63) is 74.4 Å². The Morgan fingerprint density at radius 3 is 2.42 bits per heavy atom. The lowest BCUT2D eigenvalue weighted by Gasteiger charge is -2.09. The normalized spacial score (nSPS) is 10.9. The number of aromatic carboxylic acids is 1. The lowest BCUT2D eigenvalue weighted by Crippen LogP contribution is -2.07. The molecule has 2 aromatic carbocycles. The SMILES string of the molecule is Cc1cc(-c2cc(C(=O)O)nn2CCc2ccc(Cl)c(Cl)c2)ccc1Cl. The molecule has 0 aliphatic rings. The summed E-state index contributed by atoms with van der Waals surface area (Å²) in [7, 11) is 0. The van der Waals surface area contributed by atoms with Crippen molar-refractivity contribution >= 4 is 40.8 Å². The lowest BCUT2D eigenvalue weighted by atomic mass is 10.1. The summed E-state index contributed by atoms with van der Waals surface area (Å²) in [4.78, 5) is 11.3. The number of nitrogens with zero attached hydrogens (tertiary/aromatic N) is 2. The number of hydrogen-bond donors (Lipinski definition) is 1. The number of aryl methyl sites for hydroxylation is 3. The molecule has 3 rings (SSSR count). The average Bonchev–Trinajstić information content (AvgIpc) is 3.03. The summed E-state index contributed by atoms with van der Waals surface area (Å²) in [5, 5.41) is 15.2. The topological polar surface area (TPSA) is 55.1 Å². The fraction of sp³-hybridized carbons (Fsp3) is 0.158. The Morgan fingerprint density at radius 1 is 1.04 bits per heavy atom. The lowest BCUT2D eigenvalue weighted by molar-refractivity contribution is 0.0689. The van der Waals surface area contributed by atoms with Crippen LogP contribution in [0, 0.1) is 6.92 Å². The van der Waals surface area contributed by atoms with E-state index in [0.29, 0.717) is 28.0 Å². The zero-order valence-electron chi connectivity index (χ0n) is 13.8. The molecule has 0 atom stereocenters. The van der Waals surface area contributed by atoms with Gasteiger partial charge in [0.05, 0.1) is 15.7 Å². The van der Waals surface area contributed by atoms with Crippen LogP contribution in [0.5, 0.6) is 0 Å². The molecular formula is C19H15Cl3N2O2. The molecule has 0 bridgehead atoms. The third-order valence-electron chi connectivity index (χ3n) is 4.05. The zero-order valence-corrected chi connectivity index (χ0v) is 16.1. The first-order chi connectivity index (χ1) is 12.3. The number of hydrogen-bond acceptors (Lipinski definition) is 2. The molecule has 7 heteroatoms. The Bertz CT molecular complexity index is 983. The van der Waals surface area contributed by atoms with Crippen molar-refractivity contribution in [2.75, 3.05) is 0 Å². The molecule has 1 N–H and O–H groups in total. The van der Waals surface area contributed by atoms with Gasteiger partial charge in [-0.25, -0.2) is 4.79 Å². The van der Waals surface area contributed by atoms with E-state index in [1.165, 1.54) is 0 Å². The maximum absolute atomic E-state index is 11.3. The Kier molecular flexibility index (Phi) is 5.56. The minimum Gasteiger partial charge on any atom is -0.476 e. The molecule has 3 aromatic rings. The van der Waals surface area contributed by atoms with Crippen molar-refractivity contribution in [1.82, 2.24) is 9.78 Å². The minimum absolute atomic E-state index is 0.00161. The Labute approximate surface area is 165 Å². The van der Waals surface area contributed by atoms with Crippen molar-refractivity contribution < 1.29 is 9.90 Å². The molecule has 1 heterocycles. The first-order valence-corrected chi connectivity index (χ1v) is 9.00. The van der Waals surface area contributed by atoms with Crippen LogP contribution in [0.25, 0.3) is 11.3 Å². The van der Waals surface area contributed by atoms with Gasteiger partial charge in [-0.2, -0.15) is 5.10 Å². The molecular weight excluding hydrogens is 395 g/mol. The van der Waals surface area contributed by atoms with Crippen molar-refractivity contribution in [1.29, 1.82) is 0 Å². The fourth-order valence-corrected chi connectivity index (χ4v) is 3.10. The van der Waals surface area contributed by atoms with Crippen LogP contribution in [0.4, 0.5) is 0 Å². The molecule has 0 saturated heterocycles. The summed E-state index contributed by atoms with van der Waals surface area (Å²) >= 11 is 18.1. The monoisotopic (exact) mass is 408 g/mol. The van der Waals surface area contributed by atoms with E-state index in [1.807, 2.05) is 25.1 Å². The highest BCUT2D eigenvalue weighted by Gasteiger charge is 2.15. The highest BCUT2D eigenvalue weighted by Crippen LogP contribution is 2.27. The molecule has 0 radical (unpaired) electrons. The smallest absolute Gasteiger partial charge is 0.356 e. The van der Waals surface area contributed by atoms with Gasteiger partial charge < -0.3 is 5.11 Å². The second-order valence-corrected chi connectivity index (χ2v) is 7.13. The summed E-state index contributed by atoms with van der Waals surface area (Å²) in [5.41, 5.74) is 3.49. The van der Waals surface area contributed by atoms with Crippen LogP contribution in [0.2, 0.25) is 15.1 Å². The fourth-order valence-electron chi connectivity index (χ4n) is 2.66. The van der Waals surface area contributed by atoms with E-state index < -0.39 is 5.97 Å². The van der Waals surface area contributed by atoms with Gasteiger partial charge in [0.25, 0.3) is 0 Å². The molecule has 0 aliphatic heterocycles. The van der Waals surface area contributed by atoms with Crippen LogP contribution >= 0.6 is 34.8 Å². The summed E-state index contributed by atoms with van der Waals surface area (Å²) in [6.07, 6.45) is 0.636. The van der Waals surface area contributed by atoms with Crippen molar-refractivity contribution in [3.63, 3.8) is 0 Å². The van der Waals surface area contributed by atoms with Crippen molar-refractivity contribution in [2.45, 2.75) is 19.9 Å². The second kappa shape index (κ2) is 7.70. The van der Waals surface area contributed by atoms with Gasteiger partial charge in [-0.05, 0) is 54.8 Å². The van der Waals surface area contributed by atoms with Gasteiger partial charge >= 0.3 is 5.97 Å². The number of carbonyl (C=O) groups is 1. The van der Waals surface area contributed by atoms with Gasteiger partial charge in [-0.1, -0.05) is 46.9 Å². The molecule has 0 saturated carbocycles. The Balaban J connectivity index is 1.93. The maximum atomic E-state index is 11.3. The van der Waals surface area contributed by atoms with Gasteiger partial charge in [-0.15, -0.1) is 0 Å². The van der Waals surface area contributed by atoms with E-state index in [2.05, 4.69) is 5.10 Å². The van der Waals surface area contributed by atoms with Crippen LogP contribution in [0.15, 0.2) is 42.5 Å². The van der Waals surface area contributed by atoms with Gasteiger partial charge in [0.1, 0.15) is 0 Å². The molecule has 134 valence electrons. The summed E-state index contributed by atoms with van der Waals surface area (Å²) in [6.45, 7) is 2.41. The maximum Gasteiger partial charge on any atom is 0.356 e. The van der Waals surface area contributed by atoms with E-state index in [4.69, 9.17) is 34.8 Å². The second-order valence-electron chi connectivity index (χ2n) is 5.91.